The summed E-state index contributed by atoms with van der Waals surface area (Å²) in [6.07, 6.45) is 1.98. The van der Waals surface area contributed by atoms with Crippen LogP contribution >= 0.6 is 23.4 Å². The number of carbonyl (C=O) groups excluding carboxylic acids is 1. The lowest BCUT2D eigenvalue weighted by Gasteiger charge is -2.12. The second-order valence-corrected chi connectivity index (χ2v) is 5.38. The topological polar surface area (TPSA) is 41.1 Å². The number of para-hydroxylation sites is 1. The summed E-state index contributed by atoms with van der Waals surface area (Å²) in [4.78, 5) is 13.4. The third-order valence-electron chi connectivity index (χ3n) is 2.85. The Labute approximate surface area is 127 Å². The number of anilines is 2. The van der Waals surface area contributed by atoms with Crippen LogP contribution < -0.4 is 10.6 Å². The van der Waals surface area contributed by atoms with Gasteiger partial charge < -0.3 is 10.6 Å². The molecule has 0 aliphatic carbocycles. The van der Waals surface area contributed by atoms with Crippen molar-refractivity contribution in [2.45, 2.75) is 4.90 Å². The summed E-state index contributed by atoms with van der Waals surface area (Å²) in [5.41, 5.74) is 2.07. The average molecular weight is 307 g/mol. The summed E-state index contributed by atoms with van der Waals surface area (Å²) >= 11 is 7.56. The van der Waals surface area contributed by atoms with E-state index in [1.165, 1.54) is 0 Å². The molecule has 0 radical (unpaired) electrons. The van der Waals surface area contributed by atoms with Gasteiger partial charge in [-0.2, -0.15) is 0 Å². The summed E-state index contributed by atoms with van der Waals surface area (Å²) in [5.74, 6) is -0.182. The van der Waals surface area contributed by atoms with E-state index in [9.17, 15) is 4.79 Å². The van der Waals surface area contributed by atoms with Crippen molar-refractivity contribution < 1.29 is 4.79 Å². The van der Waals surface area contributed by atoms with Crippen LogP contribution in [0.15, 0.2) is 47.4 Å². The fourth-order valence-corrected chi connectivity index (χ4v) is 2.59. The van der Waals surface area contributed by atoms with Crippen molar-refractivity contribution in [3.05, 3.63) is 53.1 Å². The van der Waals surface area contributed by atoms with Crippen LogP contribution in [0.3, 0.4) is 0 Å². The van der Waals surface area contributed by atoms with Crippen molar-refractivity contribution in [1.82, 2.24) is 0 Å². The normalized spacial score (nSPS) is 10.2. The van der Waals surface area contributed by atoms with E-state index < -0.39 is 0 Å². The highest BCUT2D eigenvalue weighted by atomic mass is 35.5. The summed E-state index contributed by atoms with van der Waals surface area (Å²) in [5, 5.41) is 6.45. The van der Waals surface area contributed by atoms with Gasteiger partial charge in [-0.05, 0) is 36.6 Å². The zero-order chi connectivity index (χ0) is 14.5. The van der Waals surface area contributed by atoms with Crippen LogP contribution in [-0.2, 0) is 0 Å². The molecular formula is C15H15ClN2OS. The Morgan fingerprint density at radius 3 is 2.60 bits per heavy atom. The van der Waals surface area contributed by atoms with Gasteiger partial charge >= 0.3 is 0 Å². The molecule has 0 aliphatic rings. The van der Waals surface area contributed by atoms with Crippen molar-refractivity contribution in [3.63, 3.8) is 0 Å². The van der Waals surface area contributed by atoms with Gasteiger partial charge in [0.25, 0.3) is 5.91 Å². The number of hydrogen-bond acceptors (Lipinski definition) is 3. The Balaban J connectivity index is 2.30. The van der Waals surface area contributed by atoms with E-state index in [1.54, 1.807) is 37.0 Å². The van der Waals surface area contributed by atoms with Crippen molar-refractivity contribution in [2.75, 3.05) is 23.9 Å². The number of rotatable bonds is 4. The van der Waals surface area contributed by atoms with Gasteiger partial charge in [0.05, 0.1) is 11.3 Å². The fraction of sp³-hybridized carbons (Fsp3) is 0.133. The predicted molar refractivity (Wildman–Crippen MR) is 87.2 cm³/mol. The Bertz CT molecular complexity index is 631. The van der Waals surface area contributed by atoms with E-state index in [0.717, 1.165) is 16.3 Å². The number of amides is 1. The van der Waals surface area contributed by atoms with E-state index in [0.29, 0.717) is 10.6 Å². The molecule has 2 rings (SSSR count). The van der Waals surface area contributed by atoms with E-state index in [-0.39, 0.29) is 5.91 Å². The van der Waals surface area contributed by atoms with Gasteiger partial charge in [-0.3, -0.25) is 4.79 Å². The second kappa shape index (κ2) is 6.68. The quantitative estimate of drug-likeness (QED) is 0.825. The summed E-state index contributed by atoms with van der Waals surface area (Å²) in [6, 6.07) is 12.9. The molecule has 1 amide bonds. The van der Waals surface area contributed by atoms with Gasteiger partial charge in [0, 0.05) is 22.7 Å². The van der Waals surface area contributed by atoms with Crippen LogP contribution in [0.5, 0.6) is 0 Å². The maximum absolute atomic E-state index is 12.4. The Morgan fingerprint density at radius 2 is 1.90 bits per heavy atom. The van der Waals surface area contributed by atoms with Gasteiger partial charge in [0.15, 0.2) is 0 Å². The number of thioether (sulfide) groups is 1. The maximum atomic E-state index is 12.4. The van der Waals surface area contributed by atoms with Crippen LogP contribution in [-0.4, -0.2) is 19.2 Å². The van der Waals surface area contributed by atoms with Gasteiger partial charge in [-0.25, -0.2) is 0 Å². The van der Waals surface area contributed by atoms with Crippen molar-refractivity contribution in [3.8, 4) is 0 Å². The molecule has 2 N–H and O–H groups in total. The van der Waals surface area contributed by atoms with Crippen LogP contribution in [0.1, 0.15) is 10.4 Å². The first kappa shape index (κ1) is 14.8. The molecule has 0 heterocycles. The number of carbonyl (C=O) groups is 1. The van der Waals surface area contributed by atoms with Gasteiger partial charge in [0.1, 0.15) is 0 Å². The van der Waals surface area contributed by atoms with Crippen molar-refractivity contribution in [2.24, 2.45) is 0 Å². The standard InChI is InChI=1S/C15H15ClN2OS/c1-17-12-8-7-10(16)9-11(12)15(19)18-13-5-3-4-6-14(13)20-2/h3-9,17H,1-2H3,(H,18,19). The van der Waals surface area contributed by atoms with Crippen molar-refractivity contribution >= 4 is 40.6 Å². The zero-order valence-corrected chi connectivity index (χ0v) is 12.8. The SMILES string of the molecule is CNc1ccc(Cl)cc1C(=O)Nc1ccccc1SC. The lowest BCUT2D eigenvalue weighted by molar-refractivity contribution is 0.102. The third kappa shape index (κ3) is 3.26. The van der Waals surface area contributed by atoms with Gasteiger partial charge in [0.2, 0.25) is 0 Å². The predicted octanol–water partition coefficient (Wildman–Crippen LogP) is 4.36. The van der Waals surface area contributed by atoms with E-state index >= 15 is 0 Å². The second-order valence-electron chi connectivity index (χ2n) is 4.09. The molecule has 0 saturated carbocycles. The molecule has 0 spiro atoms. The summed E-state index contributed by atoms with van der Waals surface area (Å²) in [7, 11) is 1.77. The first-order chi connectivity index (χ1) is 9.65. The number of hydrogen-bond donors (Lipinski definition) is 2. The van der Waals surface area contributed by atoms with Crippen LogP contribution in [0.2, 0.25) is 5.02 Å². The molecule has 0 aromatic heterocycles. The molecule has 2 aromatic rings. The molecule has 0 unspecified atom stereocenters. The minimum atomic E-state index is -0.182. The minimum absolute atomic E-state index is 0.182. The molecule has 5 heteroatoms. The molecule has 20 heavy (non-hydrogen) atoms. The van der Waals surface area contributed by atoms with E-state index in [1.807, 2.05) is 30.5 Å². The highest BCUT2D eigenvalue weighted by Crippen LogP contribution is 2.27. The van der Waals surface area contributed by atoms with Crippen molar-refractivity contribution in [1.29, 1.82) is 0 Å². The molecule has 104 valence electrons. The first-order valence-electron chi connectivity index (χ1n) is 6.07. The highest BCUT2D eigenvalue weighted by Gasteiger charge is 2.13. The molecule has 0 saturated heterocycles. The lowest BCUT2D eigenvalue weighted by atomic mass is 10.1. The van der Waals surface area contributed by atoms with Crippen LogP contribution in [0, 0.1) is 0 Å². The molecule has 0 aliphatic heterocycles. The van der Waals surface area contributed by atoms with E-state index in [2.05, 4.69) is 10.6 Å². The number of halogens is 1. The summed E-state index contributed by atoms with van der Waals surface area (Å²) in [6.45, 7) is 0. The van der Waals surface area contributed by atoms with Crippen LogP contribution in [0.25, 0.3) is 0 Å². The minimum Gasteiger partial charge on any atom is -0.387 e. The highest BCUT2D eigenvalue weighted by molar-refractivity contribution is 7.98. The molecular weight excluding hydrogens is 292 g/mol. The average Bonchev–Trinajstić information content (AvgIpc) is 2.47. The Hall–Kier alpha value is -1.65. The Morgan fingerprint density at radius 1 is 1.15 bits per heavy atom. The first-order valence-corrected chi connectivity index (χ1v) is 7.67. The monoisotopic (exact) mass is 306 g/mol. The third-order valence-corrected chi connectivity index (χ3v) is 3.88. The molecule has 3 nitrogen and oxygen atoms in total. The van der Waals surface area contributed by atoms with E-state index in [4.69, 9.17) is 11.6 Å². The lowest BCUT2D eigenvalue weighted by Crippen LogP contribution is -2.14. The Kier molecular flexibility index (Phi) is 4.93. The number of benzene rings is 2. The zero-order valence-electron chi connectivity index (χ0n) is 11.2. The maximum Gasteiger partial charge on any atom is 0.257 e. The molecule has 0 atom stereocenters. The molecule has 0 bridgehead atoms. The van der Waals surface area contributed by atoms with Gasteiger partial charge in [-0.1, -0.05) is 23.7 Å². The molecule has 0 fully saturated rings. The smallest absolute Gasteiger partial charge is 0.257 e. The van der Waals surface area contributed by atoms with Gasteiger partial charge in [-0.15, -0.1) is 11.8 Å². The molecule has 2 aromatic carbocycles. The largest absolute Gasteiger partial charge is 0.387 e. The summed E-state index contributed by atoms with van der Waals surface area (Å²) < 4.78 is 0. The van der Waals surface area contributed by atoms with Crippen LogP contribution in [0.4, 0.5) is 11.4 Å². The fourth-order valence-electron chi connectivity index (χ4n) is 1.86. The number of nitrogens with one attached hydrogen (secondary N) is 2.